The van der Waals surface area contributed by atoms with Crippen LogP contribution in [0.1, 0.15) is 53.0 Å². The number of rotatable bonds is 8. The van der Waals surface area contributed by atoms with E-state index in [0.717, 1.165) is 57.9 Å². The van der Waals surface area contributed by atoms with Gasteiger partial charge in [-0.25, -0.2) is 4.98 Å². The second-order valence-corrected chi connectivity index (χ2v) is 11.3. The maximum absolute atomic E-state index is 13.1. The molecule has 1 aliphatic rings. The van der Waals surface area contributed by atoms with E-state index in [4.69, 9.17) is 9.72 Å². The predicted octanol–water partition coefficient (Wildman–Crippen LogP) is 6.86. The van der Waals surface area contributed by atoms with E-state index < -0.39 is 5.60 Å². The van der Waals surface area contributed by atoms with E-state index in [2.05, 4.69) is 77.4 Å². The number of aliphatic hydroxyl groups is 1. The van der Waals surface area contributed by atoms with Crippen molar-refractivity contribution < 1.29 is 9.84 Å². The minimum absolute atomic E-state index is 0.368. The van der Waals surface area contributed by atoms with Crippen molar-refractivity contribution in [2.75, 3.05) is 27.7 Å². The summed E-state index contributed by atoms with van der Waals surface area (Å²) in [6.45, 7) is 0.748. The van der Waals surface area contributed by atoms with E-state index in [1.54, 1.807) is 7.11 Å². The summed E-state index contributed by atoms with van der Waals surface area (Å²) in [5.74, 6) is 0.185. The van der Waals surface area contributed by atoms with Gasteiger partial charge in [-0.3, -0.25) is 0 Å². The number of fused-ring (bicyclic) bond motifs is 2. The normalized spacial score (nSPS) is 15.8. The molecule has 1 aliphatic carbocycles. The van der Waals surface area contributed by atoms with E-state index in [1.165, 1.54) is 17.5 Å². The van der Waals surface area contributed by atoms with E-state index in [9.17, 15) is 5.11 Å². The van der Waals surface area contributed by atoms with Crippen LogP contribution in [0.5, 0.6) is 5.88 Å². The SMILES string of the molecule is COc1nc2ccc(Br)cc2cc1C(c1ccccc1)C(O)(CCN(C)C)c1cccc2c1CCCC2. The topological polar surface area (TPSA) is 45.6 Å². The van der Waals surface area contributed by atoms with Crippen molar-refractivity contribution in [3.8, 4) is 5.88 Å². The molecule has 0 saturated carbocycles. The van der Waals surface area contributed by atoms with E-state index in [0.29, 0.717) is 12.3 Å². The molecule has 3 aromatic carbocycles. The summed E-state index contributed by atoms with van der Waals surface area (Å²) in [4.78, 5) is 7.05. The molecule has 0 fully saturated rings. The molecule has 0 spiro atoms. The highest BCUT2D eigenvalue weighted by atomic mass is 79.9. The minimum Gasteiger partial charge on any atom is -0.481 e. The van der Waals surface area contributed by atoms with Crippen molar-refractivity contribution in [2.24, 2.45) is 0 Å². The number of nitrogens with zero attached hydrogens (tertiary/aromatic N) is 2. The summed E-state index contributed by atoms with van der Waals surface area (Å²) in [6, 6.07) is 25.1. The van der Waals surface area contributed by atoms with Crippen LogP contribution in [-0.2, 0) is 18.4 Å². The summed E-state index contributed by atoms with van der Waals surface area (Å²) in [6.07, 6.45) is 5.00. The fourth-order valence-electron chi connectivity index (χ4n) is 5.89. The van der Waals surface area contributed by atoms with Crippen molar-refractivity contribution in [1.29, 1.82) is 0 Å². The number of hydrogen-bond acceptors (Lipinski definition) is 4. The predicted molar refractivity (Wildman–Crippen MR) is 154 cm³/mol. The average Bonchev–Trinajstić information content (AvgIpc) is 2.92. The monoisotopic (exact) mass is 558 g/mol. The van der Waals surface area contributed by atoms with Gasteiger partial charge in [0, 0.05) is 27.9 Å². The zero-order valence-corrected chi connectivity index (χ0v) is 23.5. The van der Waals surface area contributed by atoms with Crippen molar-refractivity contribution >= 4 is 26.8 Å². The Morgan fingerprint density at radius 3 is 2.54 bits per heavy atom. The standard InChI is InChI=1S/C32H35BrN2O2/c1-35(2)19-18-32(36,28-15-9-13-22-10-7-8-14-26(22)28)30(23-11-5-4-6-12-23)27-21-24-20-25(33)16-17-29(24)34-31(27)37-3/h4-6,9,11-13,15-17,20-21,30,36H,7-8,10,14,18-19H2,1-3H3. The van der Waals surface area contributed by atoms with Crippen LogP contribution in [0.4, 0.5) is 0 Å². The largest absolute Gasteiger partial charge is 0.481 e. The Hall–Kier alpha value is -2.73. The Balaban J connectivity index is 1.80. The lowest BCUT2D eigenvalue weighted by atomic mass is 9.69. The lowest BCUT2D eigenvalue weighted by Crippen LogP contribution is -2.39. The van der Waals surface area contributed by atoms with Gasteiger partial charge in [0.15, 0.2) is 0 Å². The van der Waals surface area contributed by atoms with Crippen molar-refractivity contribution in [1.82, 2.24) is 9.88 Å². The van der Waals surface area contributed by atoms with Gasteiger partial charge in [0.2, 0.25) is 5.88 Å². The molecule has 2 unspecified atom stereocenters. The number of hydrogen-bond donors (Lipinski definition) is 1. The first-order valence-electron chi connectivity index (χ1n) is 13.1. The van der Waals surface area contributed by atoms with Gasteiger partial charge >= 0.3 is 0 Å². The molecule has 5 heteroatoms. The second-order valence-electron chi connectivity index (χ2n) is 10.4. The van der Waals surface area contributed by atoms with Crippen LogP contribution in [0.15, 0.2) is 77.3 Å². The molecule has 5 rings (SSSR count). The summed E-state index contributed by atoms with van der Waals surface area (Å²) >= 11 is 3.62. The number of benzene rings is 3. The molecule has 0 aliphatic heterocycles. The fraction of sp³-hybridized carbons (Fsp3) is 0.344. The zero-order chi connectivity index (χ0) is 26.0. The molecule has 0 radical (unpaired) electrons. The maximum Gasteiger partial charge on any atom is 0.217 e. The molecule has 0 saturated heterocycles. The van der Waals surface area contributed by atoms with Gasteiger partial charge in [0.05, 0.1) is 12.6 Å². The highest BCUT2D eigenvalue weighted by Crippen LogP contribution is 2.49. The summed E-state index contributed by atoms with van der Waals surface area (Å²) in [5.41, 5.74) is 5.36. The Kier molecular flexibility index (Phi) is 7.66. The number of halogens is 1. The molecule has 192 valence electrons. The Bertz CT molecular complexity index is 1390. The molecular weight excluding hydrogens is 524 g/mol. The molecule has 4 aromatic rings. The Labute approximate surface area is 228 Å². The van der Waals surface area contributed by atoms with Gasteiger partial charge in [-0.15, -0.1) is 0 Å². The summed E-state index contributed by atoms with van der Waals surface area (Å²) < 4.78 is 6.91. The first-order chi connectivity index (χ1) is 17.9. The van der Waals surface area contributed by atoms with Crippen molar-refractivity contribution in [3.05, 3.63) is 105 Å². The Morgan fingerprint density at radius 2 is 1.78 bits per heavy atom. The third-order valence-electron chi connectivity index (χ3n) is 7.69. The van der Waals surface area contributed by atoms with E-state index >= 15 is 0 Å². The molecule has 1 N–H and O–H groups in total. The molecule has 4 nitrogen and oxygen atoms in total. The molecule has 0 amide bonds. The van der Waals surface area contributed by atoms with Crippen LogP contribution in [-0.4, -0.2) is 42.7 Å². The fourth-order valence-corrected chi connectivity index (χ4v) is 6.27. The van der Waals surface area contributed by atoms with Crippen molar-refractivity contribution in [3.63, 3.8) is 0 Å². The number of ether oxygens (including phenoxy) is 1. The van der Waals surface area contributed by atoms with Gasteiger partial charge in [-0.05, 0) is 92.7 Å². The molecule has 2 atom stereocenters. The minimum atomic E-state index is -1.16. The lowest BCUT2D eigenvalue weighted by molar-refractivity contribution is 0.00282. The average molecular weight is 560 g/mol. The van der Waals surface area contributed by atoms with Crippen LogP contribution in [0.25, 0.3) is 10.9 Å². The number of aromatic nitrogens is 1. The highest BCUT2D eigenvalue weighted by Gasteiger charge is 2.44. The quantitative estimate of drug-likeness (QED) is 0.256. The van der Waals surface area contributed by atoms with Gasteiger partial charge < -0.3 is 14.7 Å². The summed E-state index contributed by atoms with van der Waals surface area (Å²) in [7, 11) is 5.80. The molecule has 1 aromatic heterocycles. The van der Waals surface area contributed by atoms with Gasteiger partial charge in [-0.2, -0.15) is 0 Å². The van der Waals surface area contributed by atoms with E-state index in [-0.39, 0.29) is 5.92 Å². The van der Waals surface area contributed by atoms with E-state index in [1.807, 2.05) is 30.3 Å². The molecule has 37 heavy (non-hydrogen) atoms. The molecule has 1 heterocycles. The molecular formula is C32H35BrN2O2. The Morgan fingerprint density at radius 1 is 1.00 bits per heavy atom. The first-order valence-corrected chi connectivity index (χ1v) is 13.9. The number of pyridine rings is 1. The van der Waals surface area contributed by atoms with Gasteiger partial charge in [0.1, 0.15) is 5.60 Å². The van der Waals surface area contributed by atoms with Crippen LogP contribution < -0.4 is 4.74 Å². The second kappa shape index (κ2) is 10.9. The first kappa shape index (κ1) is 25.9. The van der Waals surface area contributed by atoms with Gasteiger partial charge in [-0.1, -0.05) is 64.5 Å². The third kappa shape index (κ3) is 5.18. The number of methoxy groups -OCH3 is 1. The van der Waals surface area contributed by atoms with Crippen LogP contribution in [0, 0.1) is 0 Å². The molecule has 0 bridgehead atoms. The van der Waals surface area contributed by atoms with Crippen molar-refractivity contribution in [2.45, 2.75) is 43.6 Å². The zero-order valence-electron chi connectivity index (χ0n) is 21.9. The smallest absolute Gasteiger partial charge is 0.217 e. The van der Waals surface area contributed by atoms with Gasteiger partial charge in [0.25, 0.3) is 0 Å². The van der Waals surface area contributed by atoms with Crippen LogP contribution in [0.2, 0.25) is 0 Å². The third-order valence-corrected chi connectivity index (χ3v) is 8.18. The van der Waals surface area contributed by atoms with Crippen LogP contribution >= 0.6 is 15.9 Å². The lowest BCUT2D eigenvalue weighted by Gasteiger charge is -2.41. The number of aryl methyl sites for hydroxylation is 1. The maximum atomic E-state index is 13.1. The summed E-state index contributed by atoms with van der Waals surface area (Å²) in [5, 5.41) is 14.1. The highest BCUT2D eigenvalue weighted by molar-refractivity contribution is 9.10. The van der Waals surface area contributed by atoms with Crippen LogP contribution in [0.3, 0.4) is 0 Å².